The SMILES string of the molecule is Cc1ccc(F)cc1NC(=O)C(C)N(C)Cc1ccc2c(c1)OCCO2. The summed E-state index contributed by atoms with van der Waals surface area (Å²) in [6.45, 7) is 5.33. The minimum Gasteiger partial charge on any atom is -0.486 e. The number of ether oxygens (including phenoxy) is 2. The summed E-state index contributed by atoms with van der Waals surface area (Å²) in [5, 5.41) is 2.80. The van der Waals surface area contributed by atoms with E-state index in [0.29, 0.717) is 25.4 Å². The lowest BCUT2D eigenvalue weighted by Gasteiger charge is -2.25. The maximum Gasteiger partial charge on any atom is 0.241 e. The molecule has 0 aliphatic carbocycles. The van der Waals surface area contributed by atoms with Crippen molar-refractivity contribution in [3.63, 3.8) is 0 Å². The Kier molecular flexibility index (Phi) is 5.42. The van der Waals surface area contributed by atoms with Gasteiger partial charge in [0, 0.05) is 12.2 Å². The van der Waals surface area contributed by atoms with Crippen molar-refractivity contribution in [2.75, 3.05) is 25.6 Å². The molecule has 1 N–H and O–H groups in total. The Morgan fingerprint density at radius 1 is 1.19 bits per heavy atom. The second-order valence-electron chi connectivity index (χ2n) is 6.52. The number of carbonyl (C=O) groups is 1. The molecule has 0 bridgehead atoms. The molecule has 1 aliphatic heterocycles. The molecule has 1 amide bonds. The highest BCUT2D eigenvalue weighted by molar-refractivity contribution is 5.95. The van der Waals surface area contributed by atoms with Crippen molar-refractivity contribution < 1.29 is 18.7 Å². The molecule has 0 aromatic heterocycles. The number of likely N-dealkylation sites (N-methyl/N-ethyl adjacent to an activating group) is 1. The highest BCUT2D eigenvalue weighted by Gasteiger charge is 2.20. The number of benzene rings is 2. The van der Waals surface area contributed by atoms with Crippen LogP contribution < -0.4 is 14.8 Å². The van der Waals surface area contributed by atoms with E-state index in [0.717, 1.165) is 22.6 Å². The molecule has 0 fully saturated rings. The maximum atomic E-state index is 13.4. The third-order valence-electron chi connectivity index (χ3n) is 4.54. The standard InChI is InChI=1S/C20H23FN2O3/c1-13-4-6-16(21)11-17(13)22-20(24)14(2)23(3)12-15-5-7-18-19(10-15)26-9-8-25-18/h4-7,10-11,14H,8-9,12H2,1-3H3,(H,22,24). The van der Waals surface area contributed by atoms with Gasteiger partial charge in [0.2, 0.25) is 5.91 Å². The second-order valence-corrected chi connectivity index (χ2v) is 6.52. The predicted octanol–water partition coefficient (Wildman–Crippen LogP) is 3.36. The lowest BCUT2D eigenvalue weighted by Crippen LogP contribution is -2.39. The van der Waals surface area contributed by atoms with Gasteiger partial charge in [0.05, 0.1) is 6.04 Å². The van der Waals surface area contributed by atoms with Gasteiger partial charge in [-0.2, -0.15) is 0 Å². The van der Waals surface area contributed by atoms with Crippen molar-refractivity contribution >= 4 is 11.6 Å². The molecule has 2 aromatic carbocycles. The predicted molar refractivity (Wildman–Crippen MR) is 98.1 cm³/mol. The van der Waals surface area contributed by atoms with Crippen LogP contribution in [0.1, 0.15) is 18.1 Å². The van der Waals surface area contributed by atoms with Gasteiger partial charge in [-0.05, 0) is 56.3 Å². The van der Waals surface area contributed by atoms with Gasteiger partial charge < -0.3 is 14.8 Å². The molecule has 5 nitrogen and oxygen atoms in total. The Hall–Kier alpha value is -2.60. The first-order chi connectivity index (χ1) is 12.4. The summed E-state index contributed by atoms with van der Waals surface area (Å²) < 4.78 is 24.5. The van der Waals surface area contributed by atoms with Gasteiger partial charge in [0.25, 0.3) is 0 Å². The fourth-order valence-electron chi connectivity index (χ4n) is 2.78. The molecular formula is C20H23FN2O3. The van der Waals surface area contributed by atoms with E-state index in [9.17, 15) is 9.18 Å². The van der Waals surface area contributed by atoms with E-state index in [1.165, 1.54) is 12.1 Å². The van der Waals surface area contributed by atoms with Crippen LogP contribution in [0.4, 0.5) is 10.1 Å². The number of carbonyl (C=O) groups excluding carboxylic acids is 1. The van der Waals surface area contributed by atoms with E-state index >= 15 is 0 Å². The van der Waals surface area contributed by atoms with Gasteiger partial charge in [-0.25, -0.2) is 4.39 Å². The molecular weight excluding hydrogens is 335 g/mol. The Labute approximate surface area is 152 Å². The van der Waals surface area contributed by atoms with E-state index in [1.54, 1.807) is 6.07 Å². The average molecular weight is 358 g/mol. The van der Waals surface area contributed by atoms with E-state index < -0.39 is 0 Å². The lowest BCUT2D eigenvalue weighted by molar-refractivity contribution is -0.120. The molecule has 1 unspecified atom stereocenters. The summed E-state index contributed by atoms with van der Waals surface area (Å²) in [6, 6.07) is 9.76. The minimum absolute atomic E-state index is 0.182. The van der Waals surface area contributed by atoms with Crippen molar-refractivity contribution in [2.45, 2.75) is 26.4 Å². The number of amides is 1. The molecule has 1 heterocycles. The second kappa shape index (κ2) is 7.74. The summed E-state index contributed by atoms with van der Waals surface area (Å²) in [7, 11) is 1.87. The van der Waals surface area contributed by atoms with Crippen LogP contribution in [0.2, 0.25) is 0 Å². The number of nitrogens with zero attached hydrogens (tertiary/aromatic N) is 1. The maximum absolute atomic E-state index is 13.4. The molecule has 2 aromatic rings. The van der Waals surface area contributed by atoms with Crippen LogP contribution in [0.25, 0.3) is 0 Å². The number of hydrogen-bond donors (Lipinski definition) is 1. The molecule has 1 aliphatic rings. The Morgan fingerprint density at radius 3 is 2.69 bits per heavy atom. The molecule has 0 saturated carbocycles. The fourth-order valence-corrected chi connectivity index (χ4v) is 2.78. The van der Waals surface area contributed by atoms with Crippen LogP contribution in [0, 0.1) is 12.7 Å². The quantitative estimate of drug-likeness (QED) is 0.890. The van der Waals surface area contributed by atoms with Gasteiger partial charge in [0.1, 0.15) is 19.0 Å². The molecule has 3 rings (SSSR count). The first-order valence-electron chi connectivity index (χ1n) is 8.60. The summed E-state index contributed by atoms with van der Waals surface area (Å²) in [5.41, 5.74) is 2.34. The number of fused-ring (bicyclic) bond motifs is 1. The summed E-state index contributed by atoms with van der Waals surface area (Å²) >= 11 is 0. The topological polar surface area (TPSA) is 50.8 Å². The van der Waals surface area contributed by atoms with Crippen molar-refractivity contribution in [3.05, 3.63) is 53.3 Å². The van der Waals surface area contributed by atoms with Gasteiger partial charge >= 0.3 is 0 Å². The van der Waals surface area contributed by atoms with Gasteiger partial charge in [0.15, 0.2) is 11.5 Å². The largest absolute Gasteiger partial charge is 0.486 e. The van der Waals surface area contributed by atoms with E-state index in [1.807, 2.05) is 44.0 Å². The molecule has 1 atom stereocenters. The minimum atomic E-state index is -0.383. The summed E-state index contributed by atoms with van der Waals surface area (Å²) in [6.07, 6.45) is 0. The fraction of sp³-hybridized carbons (Fsp3) is 0.350. The number of anilines is 1. The number of halogens is 1. The first-order valence-corrected chi connectivity index (χ1v) is 8.60. The molecule has 138 valence electrons. The molecule has 0 radical (unpaired) electrons. The molecule has 0 saturated heterocycles. The van der Waals surface area contributed by atoms with Gasteiger partial charge in [-0.1, -0.05) is 12.1 Å². The molecule has 26 heavy (non-hydrogen) atoms. The van der Waals surface area contributed by atoms with Crippen LogP contribution in [-0.4, -0.2) is 37.1 Å². The Morgan fingerprint density at radius 2 is 1.92 bits per heavy atom. The average Bonchev–Trinajstić information content (AvgIpc) is 2.64. The van der Waals surface area contributed by atoms with Crippen LogP contribution >= 0.6 is 0 Å². The van der Waals surface area contributed by atoms with Crippen LogP contribution in [0.5, 0.6) is 11.5 Å². The molecule has 6 heteroatoms. The van der Waals surface area contributed by atoms with Crippen LogP contribution in [0.15, 0.2) is 36.4 Å². The number of aryl methyl sites for hydroxylation is 1. The Bertz CT molecular complexity index is 810. The Balaban J connectivity index is 1.64. The molecule has 0 spiro atoms. The lowest BCUT2D eigenvalue weighted by atomic mass is 10.1. The number of rotatable bonds is 5. The van der Waals surface area contributed by atoms with Crippen molar-refractivity contribution in [2.24, 2.45) is 0 Å². The third kappa shape index (κ3) is 4.14. The van der Waals surface area contributed by atoms with E-state index in [-0.39, 0.29) is 17.8 Å². The van der Waals surface area contributed by atoms with Crippen molar-refractivity contribution in [1.82, 2.24) is 4.90 Å². The van der Waals surface area contributed by atoms with Crippen LogP contribution in [-0.2, 0) is 11.3 Å². The van der Waals surface area contributed by atoms with Gasteiger partial charge in [-0.15, -0.1) is 0 Å². The van der Waals surface area contributed by atoms with Crippen LogP contribution in [0.3, 0.4) is 0 Å². The zero-order valence-corrected chi connectivity index (χ0v) is 15.2. The normalized spacial score (nSPS) is 14.2. The van der Waals surface area contributed by atoms with Crippen molar-refractivity contribution in [1.29, 1.82) is 0 Å². The zero-order valence-electron chi connectivity index (χ0n) is 15.2. The van der Waals surface area contributed by atoms with Crippen molar-refractivity contribution in [3.8, 4) is 11.5 Å². The smallest absolute Gasteiger partial charge is 0.241 e. The summed E-state index contributed by atoms with van der Waals surface area (Å²) in [4.78, 5) is 14.4. The number of nitrogens with one attached hydrogen (secondary N) is 1. The summed E-state index contributed by atoms with van der Waals surface area (Å²) in [5.74, 6) is 0.923. The monoisotopic (exact) mass is 358 g/mol. The highest BCUT2D eigenvalue weighted by Crippen LogP contribution is 2.31. The van der Waals surface area contributed by atoms with E-state index in [4.69, 9.17) is 9.47 Å². The van der Waals surface area contributed by atoms with E-state index in [2.05, 4.69) is 5.32 Å². The third-order valence-corrected chi connectivity index (χ3v) is 4.54. The number of hydrogen-bond acceptors (Lipinski definition) is 4. The first kappa shape index (κ1) is 18.2. The zero-order chi connectivity index (χ0) is 18.7. The van der Waals surface area contributed by atoms with Gasteiger partial charge in [-0.3, -0.25) is 9.69 Å². The highest BCUT2D eigenvalue weighted by atomic mass is 19.1.